The SMILES string of the molecule is COc1cccc(F)c1-c1nccc2c1CN(c1cc(C)cc(N3CCNC(C)C3)n1)C2=O. The number of aromatic nitrogens is 2. The predicted molar refractivity (Wildman–Crippen MR) is 125 cm³/mol. The van der Waals surface area contributed by atoms with Gasteiger partial charge in [0.05, 0.1) is 24.9 Å². The normalized spacial score (nSPS) is 17.9. The number of rotatable bonds is 4. The summed E-state index contributed by atoms with van der Waals surface area (Å²) in [7, 11) is 1.49. The van der Waals surface area contributed by atoms with Gasteiger partial charge in [-0.15, -0.1) is 0 Å². The van der Waals surface area contributed by atoms with Gasteiger partial charge in [0, 0.05) is 43.0 Å². The molecule has 33 heavy (non-hydrogen) atoms. The standard InChI is InChI=1S/C25H26FN5O2/c1-15-11-21(30-10-9-27-16(2)13-30)29-22(12-15)31-14-18-17(25(31)32)7-8-28-24(18)23-19(26)5-4-6-20(23)33-3/h4-8,11-12,16,27H,9-10,13-14H2,1-3H3. The van der Waals surface area contributed by atoms with Crippen LogP contribution in [0.25, 0.3) is 11.3 Å². The van der Waals surface area contributed by atoms with E-state index < -0.39 is 5.82 Å². The van der Waals surface area contributed by atoms with Crippen LogP contribution in [0, 0.1) is 12.7 Å². The second-order valence-electron chi connectivity index (χ2n) is 8.56. The molecule has 0 spiro atoms. The number of halogens is 1. The van der Waals surface area contributed by atoms with Gasteiger partial charge in [-0.1, -0.05) is 6.07 Å². The molecule has 0 aliphatic carbocycles. The fraction of sp³-hybridized carbons (Fsp3) is 0.320. The Bertz CT molecular complexity index is 1230. The summed E-state index contributed by atoms with van der Waals surface area (Å²) in [6, 6.07) is 10.7. The van der Waals surface area contributed by atoms with Gasteiger partial charge in [-0.25, -0.2) is 9.37 Å². The van der Waals surface area contributed by atoms with Gasteiger partial charge in [0.1, 0.15) is 23.2 Å². The summed E-state index contributed by atoms with van der Waals surface area (Å²) in [6.07, 6.45) is 1.54. The lowest BCUT2D eigenvalue weighted by Gasteiger charge is -2.33. The minimum atomic E-state index is -0.440. The smallest absolute Gasteiger partial charge is 0.260 e. The molecule has 5 rings (SSSR count). The Morgan fingerprint density at radius 1 is 1.21 bits per heavy atom. The highest BCUT2D eigenvalue weighted by molar-refractivity contribution is 6.10. The fourth-order valence-electron chi connectivity index (χ4n) is 4.60. The summed E-state index contributed by atoms with van der Waals surface area (Å²) in [5.41, 5.74) is 2.89. The van der Waals surface area contributed by atoms with Crippen molar-refractivity contribution in [2.24, 2.45) is 0 Å². The lowest BCUT2D eigenvalue weighted by atomic mass is 10.0. The average Bonchev–Trinajstić information content (AvgIpc) is 3.15. The number of fused-ring (bicyclic) bond motifs is 1. The van der Waals surface area contributed by atoms with Crippen LogP contribution in [0.1, 0.15) is 28.4 Å². The van der Waals surface area contributed by atoms with Crippen LogP contribution in [0.2, 0.25) is 0 Å². The molecule has 0 radical (unpaired) electrons. The van der Waals surface area contributed by atoms with Crippen molar-refractivity contribution in [2.75, 3.05) is 36.5 Å². The molecule has 7 nitrogen and oxygen atoms in total. The van der Waals surface area contributed by atoms with Crippen molar-refractivity contribution in [3.05, 3.63) is 65.1 Å². The van der Waals surface area contributed by atoms with Crippen LogP contribution >= 0.6 is 0 Å². The summed E-state index contributed by atoms with van der Waals surface area (Å²) in [6.45, 7) is 7.02. The maximum atomic E-state index is 14.8. The molecule has 1 unspecified atom stereocenters. The lowest BCUT2D eigenvalue weighted by molar-refractivity contribution is 0.0996. The number of ether oxygens (including phenoxy) is 1. The van der Waals surface area contributed by atoms with E-state index in [1.807, 2.05) is 19.1 Å². The third kappa shape index (κ3) is 3.80. The molecule has 4 heterocycles. The Balaban J connectivity index is 1.54. The first-order chi connectivity index (χ1) is 16.0. The van der Waals surface area contributed by atoms with E-state index in [1.165, 1.54) is 13.2 Å². The van der Waals surface area contributed by atoms with Crippen LogP contribution in [0.5, 0.6) is 5.75 Å². The highest BCUT2D eigenvalue weighted by Gasteiger charge is 2.34. The zero-order valence-electron chi connectivity index (χ0n) is 18.9. The van der Waals surface area contributed by atoms with Crippen LogP contribution in [0.4, 0.5) is 16.0 Å². The molecule has 0 bridgehead atoms. The van der Waals surface area contributed by atoms with Crippen molar-refractivity contribution in [1.29, 1.82) is 0 Å². The van der Waals surface area contributed by atoms with Crippen LogP contribution in [0.15, 0.2) is 42.6 Å². The molecule has 1 amide bonds. The van der Waals surface area contributed by atoms with Crippen molar-refractivity contribution < 1.29 is 13.9 Å². The predicted octanol–water partition coefficient (Wildman–Crippen LogP) is 3.56. The molecule has 2 aliphatic heterocycles. The van der Waals surface area contributed by atoms with Gasteiger partial charge in [0.15, 0.2) is 0 Å². The minimum absolute atomic E-state index is 0.165. The first kappa shape index (κ1) is 21.3. The highest BCUT2D eigenvalue weighted by Crippen LogP contribution is 2.38. The summed E-state index contributed by atoms with van der Waals surface area (Å²) in [5.74, 6) is 1.22. The average molecular weight is 448 g/mol. The largest absolute Gasteiger partial charge is 0.496 e. The fourth-order valence-corrected chi connectivity index (χ4v) is 4.60. The van der Waals surface area contributed by atoms with Crippen LogP contribution in [0.3, 0.4) is 0 Å². The molecule has 3 aromatic rings. The molecule has 1 atom stereocenters. The maximum Gasteiger partial charge on any atom is 0.260 e. The molecule has 8 heteroatoms. The van der Waals surface area contributed by atoms with E-state index >= 15 is 0 Å². The molecule has 2 aromatic heterocycles. The van der Waals surface area contributed by atoms with Gasteiger partial charge in [-0.05, 0) is 49.7 Å². The van der Waals surface area contributed by atoms with Gasteiger partial charge < -0.3 is 15.0 Å². The van der Waals surface area contributed by atoms with E-state index in [2.05, 4.69) is 22.1 Å². The van der Waals surface area contributed by atoms with Gasteiger partial charge in [-0.2, -0.15) is 0 Å². The number of amides is 1. The number of hydrogen-bond acceptors (Lipinski definition) is 6. The molecule has 1 aromatic carbocycles. The quantitative estimate of drug-likeness (QED) is 0.660. The van der Waals surface area contributed by atoms with Crippen LogP contribution in [-0.4, -0.2) is 48.7 Å². The van der Waals surface area contributed by atoms with Gasteiger partial charge in [0.25, 0.3) is 5.91 Å². The van der Waals surface area contributed by atoms with E-state index in [1.54, 1.807) is 29.3 Å². The number of anilines is 2. The van der Waals surface area contributed by atoms with Crippen molar-refractivity contribution >= 4 is 17.5 Å². The van der Waals surface area contributed by atoms with Gasteiger partial charge in [0.2, 0.25) is 0 Å². The number of methoxy groups -OCH3 is 1. The van der Waals surface area contributed by atoms with Crippen molar-refractivity contribution in [3.8, 4) is 17.0 Å². The Morgan fingerprint density at radius 2 is 2.03 bits per heavy atom. The molecule has 1 saturated heterocycles. The summed E-state index contributed by atoms with van der Waals surface area (Å²) in [5, 5.41) is 3.44. The summed E-state index contributed by atoms with van der Waals surface area (Å²) in [4.78, 5) is 26.5. The topological polar surface area (TPSA) is 70.6 Å². The van der Waals surface area contributed by atoms with E-state index in [-0.39, 0.29) is 18.0 Å². The first-order valence-electron chi connectivity index (χ1n) is 11.1. The molecule has 0 saturated carbocycles. The number of benzene rings is 1. The number of carbonyl (C=O) groups excluding carboxylic acids is 1. The van der Waals surface area contributed by atoms with E-state index in [0.717, 1.165) is 31.0 Å². The number of piperazine rings is 1. The molecule has 2 aliphatic rings. The van der Waals surface area contributed by atoms with E-state index in [0.29, 0.717) is 34.4 Å². The Kier molecular flexibility index (Phi) is 5.46. The molecule has 1 fully saturated rings. The molecular weight excluding hydrogens is 421 g/mol. The number of pyridine rings is 2. The van der Waals surface area contributed by atoms with E-state index in [9.17, 15) is 9.18 Å². The van der Waals surface area contributed by atoms with Crippen molar-refractivity contribution in [1.82, 2.24) is 15.3 Å². The number of nitrogens with zero attached hydrogens (tertiary/aromatic N) is 4. The van der Waals surface area contributed by atoms with Gasteiger partial charge in [-0.3, -0.25) is 14.7 Å². The van der Waals surface area contributed by atoms with Crippen molar-refractivity contribution in [3.63, 3.8) is 0 Å². The number of hydrogen-bond donors (Lipinski definition) is 1. The maximum absolute atomic E-state index is 14.8. The minimum Gasteiger partial charge on any atom is -0.496 e. The third-order valence-electron chi connectivity index (χ3n) is 6.19. The second kappa shape index (κ2) is 8.44. The zero-order valence-corrected chi connectivity index (χ0v) is 18.9. The Hall–Kier alpha value is -3.52. The third-order valence-corrected chi connectivity index (χ3v) is 6.19. The highest BCUT2D eigenvalue weighted by atomic mass is 19.1. The summed E-state index contributed by atoms with van der Waals surface area (Å²) >= 11 is 0. The molecular formula is C25H26FN5O2. The lowest BCUT2D eigenvalue weighted by Crippen LogP contribution is -2.49. The van der Waals surface area contributed by atoms with Crippen LogP contribution < -0.4 is 19.9 Å². The van der Waals surface area contributed by atoms with Gasteiger partial charge >= 0.3 is 0 Å². The summed E-state index contributed by atoms with van der Waals surface area (Å²) < 4.78 is 20.2. The monoisotopic (exact) mass is 447 g/mol. The Labute approximate surface area is 192 Å². The zero-order chi connectivity index (χ0) is 23.1. The van der Waals surface area contributed by atoms with Crippen LogP contribution in [-0.2, 0) is 6.54 Å². The number of nitrogens with one attached hydrogen (secondary N) is 1. The van der Waals surface area contributed by atoms with Crippen molar-refractivity contribution in [2.45, 2.75) is 26.4 Å². The second-order valence-corrected chi connectivity index (χ2v) is 8.56. The first-order valence-corrected chi connectivity index (χ1v) is 11.1. The Morgan fingerprint density at radius 3 is 2.82 bits per heavy atom. The molecule has 1 N–H and O–H groups in total. The number of carbonyl (C=O) groups is 1. The number of aryl methyl sites for hydroxylation is 1. The molecule has 170 valence electrons. The van der Waals surface area contributed by atoms with E-state index in [4.69, 9.17) is 9.72 Å².